The Morgan fingerprint density at radius 1 is 1.11 bits per heavy atom. The molecule has 2 aromatic rings. The van der Waals surface area contributed by atoms with Crippen molar-refractivity contribution in [3.63, 3.8) is 0 Å². The van der Waals surface area contributed by atoms with Crippen molar-refractivity contribution in [3.05, 3.63) is 40.6 Å². The normalized spacial score (nSPS) is 10.9. The lowest BCUT2D eigenvalue weighted by Crippen LogP contribution is -2.21. The highest BCUT2D eigenvalue weighted by Gasteiger charge is 2.19. The molecule has 1 aromatic carbocycles. The SMILES string of the molecule is CCC(CC)Nc1cc(C)nc(Oc2c(C)cc(C)cc2C)c1NC(=O)CCl. The maximum atomic E-state index is 12.1. The zero-order chi connectivity index (χ0) is 20.8. The summed E-state index contributed by atoms with van der Waals surface area (Å²) in [6.07, 6.45) is 1.93. The standard InChI is InChI=1S/C22H30ClN3O2/c1-7-17(8-2)25-18-11-16(6)24-22(20(18)26-19(27)12-23)28-21-14(4)9-13(3)10-15(21)5/h9-11,17H,7-8,12H2,1-6H3,(H,24,25)(H,26,27). The van der Waals surface area contributed by atoms with E-state index >= 15 is 0 Å². The van der Waals surface area contributed by atoms with E-state index in [9.17, 15) is 4.79 Å². The number of rotatable bonds is 8. The third-order valence-corrected chi connectivity index (χ3v) is 4.89. The molecular formula is C22H30ClN3O2. The van der Waals surface area contributed by atoms with Crippen molar-refractivity contribution in [3.8, 4) is 11.6 Å². The van der Waals surface area contributed by atoms with Gasteiger partial charge in [0.1, 0.15) is 17.3 Å². The molecule has 0 fully saturated rings. The highest BCUT2D eigenvalue weighted by Crippen LogP contribution is 2.38. The zero-order valence-electron chi connectivity index (χ0n) is 17.6. The highest BCUT2D eigenvalue weighted by molar-refractivity contribution is 6.29. The zero-order valence-corrected chi connectivity index (χ0v) is 18.3. The molecule has 2 N–H and O–H groups in total. The first-order chi connectivity index (χ1) is 13.3. The molecule has 28 heavy (non-hydrogen) atoms. The van der Waals surface area contributed by atoms with Gasteiger partial charge in [-0.3, -0.25) is 4.79 Å². The molecule has 152 valence electrons. The van der Waals surface area contributed by atoms with Crippen LogP contribution in [0.25, 0.3) is 0 Å². The van der Waals surface area contributed by atoms with Gasteiger partial charge in [-0.25, -0.2) is 4.98 Å². The van der Waals surface area contributed by atoms with Gasteiger partial charge >= 0.3 is 0 Å². The van der Waals surface area contributed by atoms with Crippen LogP contribution in [0.1, 0.15) is 49.1 Å². The van der Waals surface area contributed by atoms with Crippen LogP contribution in [0.2, 0.25) is 0 Å². The minimum absolute atomic E-state index is 0.139. The number of anilines is 2. The number of benzene rings is 1. The van der Waals surface area contributed by atoms with E-state index in [2.05, 4.69) is 48.5 Å². The summed E-state index contributed by atoms with van der Waals surface area (Å²) >= 11 is 5.73. The van der Waals surface area contributed by atoms with Gasteiger partial charge in [0.25, 0.3) is 0 Å². The Morgan fingerprint density at radius 2 is 1.71 bits per heavy atom. The van der Waals surface area contributed by atoms with E-state index in [4.69, 9.17) is 16.3 Å². The maximum Gasteiger partial charge on any atom is 0.245 e. The van der Waals surface area contributed by atoms with E-state index in [-0.39, 0.29) is 17.8 Å². The van der Waals surface area contributed by atoms with Gasteiger partial charge in [-0.05, 0) is 57.7 Å². The molecule has 2 rings (SSSR count). The molecular weight excluding hydrogens is 374 g/mol. The number of alkyl halides is 1. The van der Waals surface area contributed by atoms with Crippen LogP contribution in [0.3, 0.4) is 0 Å². The first-order valence-electron chi connectivity index (χ1n) is 9.68. The second-order valence-electron chi connectivity index (χ2n) is 7.16. The molecule has 0 aliphatic heterocycles. The number of halogens is 1. The predicted molar refractivity (Wildman–Crippen MR) is 117 cm³/mol. The lowest BCUT2D eigenvalue weighted by molar-refractivity contribution is -0.113. The van der Waals surface area contributed by atoms with Gasteiger partial charge in [0.05, 0.1) is 5.69 Å². The Kier molecular flexibility index (Phi) is 7.69. The van der Waals surface area contributed by atoms with E-state index in [0.717, 1.165) is 41.1 Å². The third kappa shape index (κ3) is 5.38. The second kappa shape index (κ2) is 9.78. The van der Waals surface area contributed by atoms with Gasteiger partial charge in [0.2, 0.25) is 11.8 Å². The number of nitrogens with zero attached hydrogens (tertiary/aromatic N) is 1. The quantitative estimate of drug-likeness (QED) is 0.540. The van der Waals surface area contributed by atoms with Crippen molar-refractivity contribution in [2.45, 2.75) is 60.4 Å². The lowest BCUT2D eigenvalue weighted by Gasteiger charge is -2.22. The molecule has 0 spiro atoms. The molecule has 1 amide bonds. The molecule has 0 saturated heterocycles. The van der Waals surface area contributed by atoms with E-state index in [1.807, 2.05) is 26.8 Å². The summed E-state index contributed by atoms with van der Waals surface area (Å²) in [5.74, 6) is 0.669. The van der Waals surface area contributed by atoms with Crippen LogP contribution in [0.4, 0.5) is 11.4 Å². The van der Waals surface area contributed by atoms with Gasteiger partial charge in [0, 0.05) is 11.7 Å². The van der Waals surface area contributed by atoms with Gasteiger partial charge in [0.15, 0.2) is 0 Å². The first kappa shape index (κ1) is 22.0. The Balaban J connectivity index is 2.55. The highest BCUT2D eigenvalue weighted by atomic mass is 35.5. The van der Waals surface area contributed by atoms with Gasteiger partial charge in [-0.2, -0.15) is 0 Å². The molecule has 0 saturated carbocycles. The van der Waals surface area contributed by atoms with Crippen LogP contribution in [-0.4, -0.2) is 22.8 Å². The van der Waals surface area contributed by atoms with Crippen LogP contribution in [0.15, 0.2) is 18.2 Å². The number of ether oxygens (including phenoxy) is 1. The number of nitrogens with one attached hydrogen (secondary N) is 2. The molecule has 0 radical (unpaired) electrons. The number of amides is 1. The summed E-state index contributed by atoms with van der Waals surface area (Å²) in [6.45, 7) is 12.2. The van der Waals surface area contributed by atoms with Crippen LogP contribution in [0, 0.1) is 27.7 Å². The summed E-state index contributed by atoms with van der Waals surface area (Å²) in [5, 5.41) is 6.36. The molecule has 0 atom stereocenters. The summed E-state index contributed by atoms with van der Waals surface area (Å²) < 4.78 is 6.23. The average Bonchev–Trinajstić information content (AvgIpc) is 2.64. The van der Waals surface area contributed by atoms with Crippen molar-refractivity contribution in [2.75, 3.05) is 16.5 Å². The number of hydrogen-bond acceptors (Lipinski definition) is 4. The molecule has 6 heteroatoms. The average molecular weight is 404 g/mol. The maximum absolute atomic E-state index is 12.1. The monoisotopic (exact) mass is 403 g/mol. The first-order valence-corrected chi connectivity index (χ1v) is 10.2. The van der Waals surface area contributed by atoms with E-state index in [0.29, 0.717) is 11.6 Å². The fraction of sp³-hybridized carbons (Fsp3) is 0.455. The Labute approximate surface area is 172 Å². The van der Waals surface area contributed by atoms with Gasteiger partial charge in [-0.15, -0.1) is 11.6 Å². The minimum atomic E-state index is -0.304. The largest absolute Gasteiger partial charge is 0.436 e. The number of aryl methyl sites for hydroxylation is 4. The molecule has 0 aliphatic carbocycles. The number of aromatic nitrogens is 1. The van der Waals surface area contributed by atoms with Crippen molar-refractivity contribution < 1.29 is 9.53 Å². The summed E-state index contributed by atoms with van der Waals surface area (Å²) in [4.78, 5) is 16.6. The lowest BCUT2D eigenvalue weighted by atomic mass is 10.1. The van der Waals surface area contributed by atoms with Crippen LogP contribution >= 0.6 is 11.6 Å². The van der Waals surface area contributed by atoms with Crippen LogP contribution in [-0.2, 0) is 4.79 Å². The van der Waals surface area contributed by atoms with Crippen LogP contribution < -0.4 is 15.4 Å². The predicted octanol–water partition coefficient (Wildman–Crippen LogP) is 5.89. The number of hydrogen-bond donors (Lipinski definition) is 2. The minimum Gasteiger partial charge on any atom is -0.436 e. The van der Waals surface area contributed by atoms with Crippen LogP contribution in [0.5, 0.6) is 11.6 Å². The fourth-order valence-corrected chi connectivity index (χ4v) is 3.33. The van der Waals surface area contributed by atoms with E-state index in [1.165, 1.54) is 5.56 Å². The smallest absolute Gasteiger partial charge is 0.245 e. The van der Waals surface area contributed by atoms with Crippen molar-refractivity contribution >= 4 is 28.9 Å². The van der Waals surface area contributed by atoms with E-state index in [1.54, 1.807) is 0 Å². The summed E-state index contributed by atoms with van der Waals surface area (Å²) in [6, 6.07) is 6.34. The molecule has 0 aliphatic rings. The van der Waals surface area contributed by atoms with Crippen molar-refractivity contribution in [1.82, 2.24) is 4.98 Å². The topological polar surface area (TPSA) is 63.3 Å². The Bertz CT molecular complexity index is 825. The summed E-state index contributed by atoms with van der Waals surface area (Å²) in [7, 11) is 0. The molecule has 1 aromatic heterocycles. The molecule has 5 nitrogen and oxygen atoms in total. The number of pyridine rings is 1. The fourth-order valence-electron chi connectivity index (χ4n) is 3.26. The van der Waals surface area contributed by atoms with Gasteiger partial charge in [-0.1, -0.05) is 31.5 Å². The number of carbonyl (C=O) groups is 1. The number of carbonyl (C=O) groups excluding carboxylic acids is 1. The third-order valence-electron chi connectivity index (χ3n) is 4.65. The van der Waals surface area contributed by atoms with Crippen molar-refractivity contribution in [2.24, 2.45) is 0 Å². The van der Waals surface area contributed by atoms with Gasteiger partial charge < -0.3 is 15.4 Å². The van der Waals surface area contributed by atoms with Crippen molar-refractivity contribution in [1.29, 1.82) is 0 Å². The molecule has 0 bridgehead atoms. The Hall–Kier alpha value is -2.27. The molecule has 0 unspecified atom stereocenters. The molecule has 1 heterocycles. The Morgan fingerprint density at radius 3 is 2.25 bits per heavy atom. The van der Waals surface area contributed by atoms with E-state index < -0.39 is 0 Å². The summed E-state index contributed by atoms with van der Waals surface area (Å²) in [5.41, 5.74) is 5.32. The second-order valence-corrected chi connectivity index (χ2v) is 7.43.